The number of carbonyl (C=O) groups is 1. The lowest BCUT2D eigenvalue weighted by atomic mass is 10.0. The lowest BCUT2D eigenvalue weighted by molar-refractivity contribution is -0.143. The maximum atomic E-state index is 11.0. The van der Waals surface area contributed by atoms with Gasteiger partial charge in [0.2, 0.25) is 0 Å². The van der Waals surface area contributed by atoms with E-state index in [0.717, 1.165) is 19.5 Å². The van der Waals surface area contributed by atoms with E-state index < -0.39 is 11.5 Å². The standard InChI is InChI=1S/C12H23N3O2/c1-12(13,11(16)17)8-15-6-5-9-3-4-10(7-15)14(9)2/h9-10H,3-8,13H2,1-2H3,(H,16,17). The predicted molar refractivity (Wildman–Crippen MR) is 65.9 cm³/mol. The van der Waals surface area contributed by atoms with E-state index >= 15 is 0 Å². The van der Waals surface area contributed by atoms with Gasteiger partial charge in [-0.3, -0.25) is 14.6 Å². The van der Waals surface area contributed by atoms with Gasteiger partial charge in [-0.25, -0.2) is 0 Å². The van der Waals surface area contributed by atoms with Crippen molar-refractivity contribution in [3.05, 3.63) is 0 Å². The number of carboxylic acid groups (broad SMARTS) is 1. The number of aliphatic carboxylic acids is 1. The van der Waals surface area contributed by atoms with Crippen LogP contribution in [0.4, 0.5) is 0 Å². The van der Waals surface area contributed by atoms with E-state index in [9.17, 15) is 4.79 Å². The molecule has 0 aromatic rings. The number of carboxylic acids is 1. The summed E-state index contributed by atoms with van der Waals surface area (Å²) in [6, 6.07) is 1.26. The smallest absolute Gasteiger partial charge is 0.324 e. The molecule has 17 heavy (non-hydrogen) atoms. The molecule has 3 atom stereocenters. The molecule has 2 bridgehead atoms. The van der Waals surface area contributed by atoms with Gasteiger partial charge in [-0.05, 0) is 39.8 Å². The number of nitrogens with zero attached hydrogens (tertiary/aromatic N) is 2. The maximum absolute atomic E-state index is 11.0. The van der Waals surface area contributed by atoms with Crippen molar-refractivity contribution in [3.63, 3.8) is 0 Å². The van der Waals surface area contributed by atoms with Crippen LogP contribution >= 0.6 is 0 Å². The minimum Gasteiger partial charge on any atom is -0.480 e. The van der Waals surface area contributed by atoms with Gasteiger partial charge < -0.3 is 10.8 Å². The van der Waals surface area contributed by atoms with E-state index in [0.29, 0.717) is 18.6 Å². The molecule has 3 unspecified atom stereocenters. The fourth-order valence-corrected chi connectivity index (χ4v) is 3.05. The lowest BCUT2D eigenvalue weighted by Gasteiger charge is -2.31. The average Bonchev–Trinajstić information content (AvgIpc) is 2.46. The Morgan fingerprint density at radius 1 is 1.41 bits per heavy atom. The van der Waals surface area contributed by atoms with Gasteiger partial charge in [0.05, 0.1) is 0 Å². The van der Waals surface area contributed by atoms with Gasteiger partial charge in [0, 0.05) is 25.2 Å². The fraction of sp³-hybridized carbons (Fsp3) is 0.917. The molecule has 5 nitrogen and oxygen atoms in total. The molecule has 2 rings (SSSR count). The topological polar surface area (TPSA) is 69.8 Å². The number of hydrogen-bond acceptors (Lipinski definition) is 4. The van der Waals surface area contributed by atoms with Crippen molar-refractivity contribution in [2.45, 2.75) is 43.8 Å². The van der Waals surface area contributed by atoms with Crippen molar-refractivity contribution < 1.29 is 9.90 Å². The normalized spacial score (nSPS) is 34.3. The summed E-state index contributed by atoms with van der Waals surface area (Å²) < 4.78 is 0. The third-order valence-electron chi connectivity index (χ3n) is 4.27. The van der Waals surface area contributed by atoms with Gasteiger partial charge in [0.15, 0.2) is 0 Å². The second kappa shape index (κ2) is 4.55. The van der Waals surface area contributed by atoms with Crippen LogP contribution in [0.3, 0.4) is 0 Å². The zero-order valence-electron chi connectivity index (χ0n) is 10.7. The molecule has 5 heteroatoms. The molecule has 0 aromatic heterocycles. The van der Waals surface area contributed by atoms with Gasteiger partial charge >= 0.3 is 5.97 Å². The minimum absolute atomic E-state index is 0.444. The van der Waals surface area contributed by atoms with Crippen LogP contribution in [0.1, 0.15) is 26.2 Å². The van der Waals surface area contributed by atoms with Crippen molar-refractivity contribution in [2.75, 3.05) is 26.7 Å². The Morgan fingerprint density at radius 3 is 2.71 bits per heavy atom. The number of likely N-dealkylation sites (tertiary alicyclic amines) is 1. The second-order valence-electron chi connectivity index (χ2n) is 5.80. The van der Waals surface area contributed by atoms with Crippen molar-refractivity contribution >= 4 is 5.97 Å². The van der Waals surface area contributed by atoms with Crippen molar-refractivity contribution in [1.82, 2.24) is 9.80 Å². The number of likely N-dealkylation sites (N-methyl/N-ethyl adjacent to an activating group) is 1. The largest absolute Gasteiger partial charge is 0.480 e. The second-order valence-corrected chi connectivity index (χ2v) is 5.80. The first-order chi connectivity index (χ1) is 7.90. The molecule has 0 aromatic carbocycles. The van der Waals surface area contributed by atoms with Crippen LogP contribution in [0.5, 0.6) is 0 Å². The van der Waals surface area contributed by atoms with Crippen molar-refractivity contribution in [1.29, 1.82) is 0 Å². The molecule has 0 aliphatic carbocycles. The van der Waals surface area contributed by atoms with E-state index in [2.05, 4.69) is 16.8 Å². The third-order valence-corrected chi connectivity index (χ3v) is 4.27. The first-order valence-corrected chi connectivity index (χ1v) is 6.37. The van der Waals surface area contributed by atoms with Crippen molar-refractivity contribution in [2.24, 2.45) is 5.73 Å². The predicted octanol–water partition coefficient (Wildman–Crippen LogP) is -0.0431. The Hall–Kier alpha value is -0.650. The number of nitrogens with two attached hydrogens (primary N) is 1. The number of rotatable bonds is 3. The Balaban J connectivity index is 1.98. The molecule has 2 aliphatic rings. The van der Waals surface area contributed by atoms with Gasteiger partial charge in [0.25, 0.3) is 0 Å². The molecule has 98 valence electrons. The van der Waals surface area contributed by atoms with Crippen LogP contribution in [-0.4, -0.2) is 65.2 Å². The van der Waals surface area contributed by atoms with Crippen LogP contribution in [0.25, 0.3) is 0 Å². The Bertz CT molecular complexity index is 306. The van der Waals surface area contributed by atoms with E-state index in [-0.39, 0.29) is 0 Å². The minimum atomic E-state index is -1.14. The Morgan fingerprint density at radius 2 is 2.06 bits per heavy atom. The monoisotopic (exact) mass is 241 g/mol. The molecular formula is C12H23N3O2. The molecule has 0 amide bonds. The van der Waals surface area contributed by atoms with E-state index in [1.807, 2.05) is 0 Å². The summed E-state index contributed by atoms with van der Waals surface area (Å²) in [6.45, 7) is 3.96. The molecule has 2 saturated heterocycles. The molecule has 2 heterocycles. The SMILES string of the molecule is CN1C2CCC1CN(CC(C)(N)C(=O)O)CC2. The summed E-state index contributed by atoms with van der Waals surface area (Å²) in [6.07, 6.45) is 3.64. The van der Waals surface area contributed by atoms with Crippen molar-refractivity contribution in [3.8, 4) is 0 Å². The quantitative estimate of drug-likeness (QED) is 0.725. The Kier molecular flexibility index (Phi) is 3.43. The van der Waals surface area contributed by atoms with Crippen LogP contribution in [-0.2, 0) is 4.79 Å². The highest BCUT2D eigenvalue weighted by molar-refractivity contribution is 5.78. The van der Waals surface area contributed by atoms with Gasteiger partial charge in [-0.2, -0.15) is 0 Å². The molecule has 3 N–H and O–H groups in total. The molecule has 0 radical (unpaired) electrons. The highest BCUT2D eigenvalue weighted by Gasteiger charge is 2.37. The third kappa shape index (κ3) is 2.61. The number of fused-ring (bicyclic) bond motifs is 2. The summed E-state index contributed by atoms with van der Waals surface area (Å²) >= 11 is 0. The summed E-state index contributed by atoms with van der Waals surface area (Å²) in [5.41, 5.74) is 4.68. The molecule has 0 saturated carbocycles. The van der Waals surface area contributed by atoms with Crippen LogP contribution in [0, 0.1) is 0 Å². The average molecular weight is 241 g/mol. The fourth-order valence-electron chi connectivity index (χ4n) is 3.05. The first-order valence-electron chi connectivity index (χ1n) is 6.37. The summed E-state index contributed by atoms with van der Waals surface area (Å²) in [7, 11) is 2.19. The maximum Gasteiger partial charge on any atom is 0.324 e. The molecule has 2 aliphatic heterocycles. The molecular weight excluding hydrogens is 218 g/mol. The molecule has 0 spiro atoms. The van der Waals surface area contributed by atoms with Gasteiger partial charge in [0.1, 0.15) is 5.54 Å². The zero-order chi connectivity index (χ0) is 12.6. The van der Waals surface area contributed by atoms with Crippen LogP contribution < -0.4 is 5.73 Å². The molecule has 2 fully saturated rings. The highest BCUT2D eigenvalue weighted by atomic mass is 16.4. The Labute approximate surface area is 103 Å². The van der Waals surface area contributed by atoms with Gasteiger partial charge in [-0.15, -0.1) is 0 Å². The summed E-state index contributed by atoms with van der Waals surface area (Å²) in [5.74, 6) is -0.916. The zero-order valence-corrected chi connectivity index (χ0v) is 10.7. The van der Waals surface area contributed by atoms with E-state index in [4.69, 9.17) is 10.8 Å². The number of hydrogen-bond donors (Lipinski definition) is 2. The lowest BCUT2D eigenvalue weighted by Crippen LogP contribution is -2.55. The van der Waals surface area contributed by atoms with Gasteiger partial charge in [-0.1, -0.05) is 0 Å². The summed E-state index contributed by atoms with van der Waals surface area (Å²) in [4.78, 5) is 15.7. The van der Waals surface area contributed by atoms with Crippen LogP contribution in [0.15, 0.2) is 0 Å². The van der Waals surface area contributed by atoms with Crippen LogP contribution in [0.2, 0.25) is 0 Å². The summed E-state index contributed by atoms with van der Waals surface area (Å²) in [5, 5.41) is 9.06. The van der Waals surface area contributed by atoms with E-state index in [1.54, 1.807) is 6.92 Å². The first kappa shape index (κ1) is 12.8. The van der Waals surface area contributed by atoms with E-state index in [1.165, 1.54) is 12.8 Å². The highest BCUT2D eigenvalue weighted by Crippen LogP contribution is 2.28.